The fraction of sp³-hybridized carbons (Fsp3) is 0. The van der Waals surface area contributed by atoms with Crippen LogP contribution < -0.4 is 10.2 Å². The summed E-state index contributed by atoms with van der Waals surface area (Å²) in [5.74, 6) is -0.954. The second kappa shape index (κ2) is 7.79. The summed E-state index contributed by atoms with van der Waals surface area (Å²) in [7, 11) is 0. The molecule has 1 fully saturated rings. The largest absolute Gasteiger partial charge is 0.506 e. The first-order valence-corrected chi connectivity index (χ1v) is 10.1. The van der Waals surface area contributed by atoms with Gasteiger partial charge in [-0.3, -0.25) is 19.8 Å². The summed E-state index contributed by atoms with van der Waals surface area (Å²) in [5, 5.41) is 12.8. The van der Waals surface area contributed by atoms with E-state index in [0.717, 1.165) is 0 Å². The Morgan fingerprint density at radius 3 is 2.42 bits per heavy atom. The molecule has 2 amide bonds. The monoisotopic (exact) mass is 610 g/mol. The first-order chi connectivity index (χ1) is 12.3. The van der Waals surface area contributed by atoms with E-state index in [2.05, 4.69) is 5.32 Å². The number of carbonyl (C=O) groups is 2. The van der Waals surface area contributed by atoms with Gasteiger partial charge < -0.3 is 5.11 Å². The lowest BCUT2D eigenvalue weighted by Gasteiger charge is -2.29. The van der Waals surface area contributed by atoms with Gasteiger partial charge in [0, 0.05) is 5.02 Å². The SMILES string of the molecule is O=C1NC(=S)N(c2cccc(Cl)c2)C(=O)/C1=C/c1cc(I)c(O)c(I)c1. The van der Waals surface area contributed by atoms with Crippen LogP contribution in [0, 0.1) is 7.14 Å². The highest BCUT2D eigenvalue weighted by Gasteiger charge is 2.34. The number of phenols is 1. The van der Waals surface area contributed by atoms with Gasteiger partial charge in [-0.15, -0.1) is 0 Å². The molecule has 5 nitrogen and oxygen atoms in total. The minimum atomic E-state index is -0.573. The predicted molar refractivity (Wildman–Crippen MR) is 121 cm³/mol. The molecule has 1 aliphatic heterocycles. The van der Waals surface area contributed by atoms with Gasteiger partial charge in [-0.1, -0.05) is 17.7 Å². The van der Waals surface area contributed by atoms with Crippen molar-refractivity contribution >= 4 is 97.7 Å². The summed E-state index contributed by atoms with van der Waals surface area (Å²) < 4.78 is 1.24. The third-order valence-electron chi connectivity index (χ3n) is 3.52. The van der Waals surface area contributed by atoms with E-state index in [1.54, 1.807) is 36.4 Å². The first kappa shape index (κ1) is 19.5. The van der Waals surface area contributed by atoms with Crippen molar-refractivity contribution in [3.63, 3.8) is 0 Å². The number of hydrogen-bond donors (Lipinski definition) is 2. The number of hydrogen-bond acceptors (Lipinski definition) is 4. The zero-order valence-corrected chi connectivity index (χ0v) is 18.7. The standard InChI is InChI=1S/C17H9ClI2N2O3S/c18-9-2-1-3-10(7-9)22-16(25)11(15(24)21-17(22)26)4-8-5-12(19)14(23)13(20)6-8/h1-7,23H,(H,21,24,26)/b11-4+. The van der Waals surface area contributed by atoms with Crippen LogP contribution in [-0.2, 0) is 9.59 Å². The number of phenolic OH excluding ortho intramolecular Hbond substituents is 1. The van der Waals surface area contributed by atoms with Gasteiger partial charge >= 0.3 is 0 Å². The van der Waals surface area contributed by atoms with Gasteiger partial charge in [-0.05, 0) is 99.4 Å². The molecule has 0 atom stereocenters. The van der Waals surface area contributed by atoms with Crippen LogP contribution >= 0.6 is 69.0 Å². The highest BCUT2D eigenvalue weighted by molar-refractivity contribution is 14.1. The molecule has 0 spiro atoms. The lowest BCUT2D eigenvalue weighted by Crippen LogP contribution is -2.54. The van der Waals surface area contributed by atoms with Gasteiger partial charge in [0.25, 0.3) is 11.8 Å². The molecule has 26 heavy (non-hydrogen) atoms. The normalized spacial score (nSPS) is 16.2. The molecule has 1 aliphatic rings. The van der Waals surface area contributed by atoms with Gasteiger partial charge in [0.2, 0.25) is 0 Å². The van der Waals surface area contributed by atoms with Gasteiger partial charge in [-0.25, -0.2) is 0 Å². The Morgan fingerprint density at radius 2 is 1.81 bits per heavy atom. The van der Waals surface area contributed by atoms with E-state index in [1.807, 2.05) is 45.2 Å². The molecule has 1 saturated heterocycles. The van der Waals surface area contributed by atoms with Crippen LogP contribution in [0.15, 0.2) is 42.0 Å². The number of thiocarbonyl (C=S) groups is 1. The molecule has 9 heteroatoms. The minimum absolute atomic E-state index is 0.00529. The number of aromatic hydroxyl groups is 1. The number of nitrogens with one attached hydrogen (secondary N) is 1. The van der Waals surface area contributed by atoms with Crippen LogP contribution in [0.3, 0.4) is 0 Å². The number of carbonyl (C=O) groups excluding carboxylic acids is 2. The lowest BCUT2D eigenvalue weighted by molar-refractivity contribution is -0.122. The quantitative estimate of drug-likeness (QED) is 0.233. The van der Waals surface area contributed by atoms with Crippen molar-refractivity contribution in [3.05, 3.63) is 59.7 Å². The minimum Gasteiger partial charge on any atom is -0.506 e. The number of nitrogens with zero attached hydrogens (tertiary/aromatic N) is 1. The maximum Gasteiger partial charge on any atom is 0.270 e. The summed E-state index contributed by atoms with van der Waals surface area (Å²) in [4.78, 5) is 26.4. The molecule has 132 valence electrons. The van der Waals surface area contributed by atoms with E-state index < -0.39 is 11.8 Å². The third-order valence-corrected chi connectivity index (χ3v) is 5.68. The molecule has 0 radical (unpaired) electrons. The van der Waals surface area contributed by atoms with E-state index in [9.17, 15) is 14.7 Å². The summed E-state index contributed by atoms with van der Waals surface area (Å²) in [6.45, 7) is 0. The van der Waals surface area contributed by atoms with E-state index in [0.29, 0.717) is 23.4 Å². The Bertz CT molecular complexity index is 971. The Balaban J connectivity index is 2.06. The molecule has 1 heterocycles. The first-order valence-electron chi connectivity index (χ1n) is 7.13. The van der Waals surface area contributed by atoms with Crippen molar-refractivity contribution < 1.29 is 14.7 Å². The van der Waals surface area contributed by atoms with Crippen LogP contribution in [0.5, 0.6) is 5.75 Å². The third kappa shape index (κ3) is 3.87. The maximum absolute atomic E-state index is 12.9. The van der Waals surface area contributed by atoms with Crippen LogP contribution in [0.25, 0.3) is 6.08 Å². The number of amides is 2. The Labute approximate surface area is 186 Å². The lowest BCUT2D eigenvalue weighted by atomic mass is 10.1. The van der Waals surface area contributed by atoms with E-state index in [-0.39, 0.29) is 16.4 Å². The average Bonchev–Trinajstić information content (AvgIpc) is 2.56. The topological polar surface area (TPSA) is 69.6 Å². The molecule has 0 aromatic heterocycles. The summed E-state index contributed by atoms with van der Waals surface area (Å²) in [5.41, 5.74) is 1.03. The van der Waals surface area contributed by atoms with Crippen LogP contribution in [0.1, 0.15) is 5.56 Å². The van der Waals surface area contributed by atoms with Gasteiger partial charge in [0.05, 0.1) is 12.8 Å². The number of rotatable bonds is 2. The molecular weight excluding hydrogens is 602 g/mol. The van der Waals surface area contributed by atoms with Crippen molar-refractivity contribution in [2.75, 3.05) is 4.90 Å². The van der Waals surface area contributed by atoms with Gasteiger partial charge in [-0.2, -0.15) is 0 Å². The van der Waals surface area contributed by atoms with Crippen LogP contribution in [-0.4, -0.2) is 22.0 Å². The van der Waals surface area contributed by atoms with Crippen molar-refractivity contribution in [3.8, 4) is 5.75 Å². The van der Waals surface area contributed by atoms with Gasteiger partial charge in [0.15, 0.2) is 5.11 Å². The Morgan fingerprint density at radius 1 is 1.15 bits per heavy atom. The second-order valence-electron chi connectivity index (χ2n) is 5.27. The molecule has 0 aliphatic carbocycles. The van der Waals surface area contributed by atoms with E-state index >= 15 is 0 Å². The maximum atomic E-state index is 12.9. The summed E-state index contributed by atoms with van der Waals surface area (Å²) in [6.07, 6.45) is 1.47. The van der Waals surface area contributed by atoms with Crippen molar-refractivity contribution in [1.29, 1.82) is 0 Å². The summed E-state index contributed by atoms with van der Waals surface area (Å²) >= 11 is 15.1. The summed E-state index contributed by atoms with van der Waals surface area (Å²) in [6, 6.07) is 10.0. The van der Waals surface area contributed by atoms with Crippen molar-refractivity contribution in [1.82, 2.24) is 5.32 Å². The number of benzene rings is 2. The molecule has 0 saturated carbocycles. The molecular formula is C17H9ClI2N2O3S. The van der Waals surface area contributed by atoms with Crippen molar-refractivity contribution in [2.24, 2.45) is 0 Å². The average molecular weight is 611 g/mol. The fourth-order valence-corrected chi connectivity index (χ4v) is 4.62. The molecule has 2 N–H and O–H groups in total. The zero-order valence-electron chi connectivity index (χ0n) is 12.8. The smallest absolute Gasteiger partial charge is 0.270 e. The van der Waals surface area contributed by atoms with Crippen LogP contribution in [0.4, 0.5) is 5.69 Å². The molecule has 3 rings (SSSR count). The Kier molecular flexibility index (Phi) is 5.85. The Hall–Kier alpha value is -1.24. The predicted octanol–water partition coefficient (Wildman–Crippen LogP) is 4.09. The highest BCUT2D eigenvalue weighted by atomic mass is 127. The van der Waals surface area contributed by atoms with Crippen LogP contribution in [0.2, 0.25) is 5.02 Å². The second-order valence-corrected chi connectivity index (χ2v) is 8.42. The number of anilines is 1. The molecule has 0 bridgehead atoms. The highest BCUT2D eigenvalue weighted by Crippen LogP contribution is 2.29. The molecule has 2 aromatic carbocycles. The molecule has 0 unspecified atom stereocenters. The van der Waals surface area contributed by atoms with Gasteiger partial charge in [0.1, 0.15) is 11.3 Å². The zero-order chi connectivity index (χ0) is 19.0. The van der Waals surface area contributed by atoms with E-state index in [4.69, 9.17) is 23.8 Å². The van der Waals surface area contributed by atoms with Crippen molar-refractivity contribution in [2.45, 2.75) is 0 Å². The molecule has 2 aromatic rings. The number of halogens is 3. The van der Waals surface area contributed by atoms with E-state index in [1.165, 1.54) is 11.0 Å². The fourth-order valence-electron chi connectivity index (χ4n) is 2.34.